The minimum atomic E-state index is -0.519. The van der Waals surface area contributed by atoms with Crippen LogP contribution in [0.3, 0.4) is 0 Å². The summed E-state index contributed by atoms with van der Waals surface area (Å²) in [5.74, 6) is 0.384. The van der Waals surface area contributed by atoms with Crippen molar-refractivity contribution in [2.24, 2.45) is 0 Å². The molecule has 1 N–H and O–H groups in total. The quantitative estimate of drug-likeness (QED) is 0.793. The lowest BCUT2D eigenvalue weighted by Gasteiger charge is -2.45. The van der Waals surface area contributed by atoms with E-state index in [-0.39, 0.29) is 0 Å². The first kappa shape index (κ1) is 19.1. The number of halogens is 2. The summed E-state index contributed by atoms with van der Waals surface area (Å²) in [6, 6.07) is 10.3. The first-order chi connectivity index (χ1) is 12.7. The standard InChI is InChI=1S/C22H26Cl2N2O/c1-14-7-17(8-15(2)18(14)11-25-12-22(3,27)13-25)26-9-16(10-26)21-19(23)5-4-6-20(21)24/h4-8,16,27H,9-13H2,1-3H3. The normalized spacial score (nSPS) is 19.7. The second kappa shape index (κ2) is 6.97. The Kier molecular flexibility index (Phi) is 4.92. The molecule has 0 radical (unpaired) electrons. The highest BCUT2D eigenvalue weighted by Gasteiger charge is 2.36. The summed E-state index contributed by atoms with van der Waals surface area (Å²) >= 11 is 12.7. The summed E-state index contributed by atoms with van der Waals surface area (Å²) in [7, 11) is 0. The third-order valence-corrected chi connectivity index (χ3v) is 6.50. The van der Waals surface area contributed by atoms with Crippen LogP contribution in [0.1, 0.15) is 35.1 Å². The smallest absolute Gasteiger partial charge is 0.0872 e. The number of aryl methyl sites for hydroxylation is 2. The zero-order chi connectivity index (χ0) is 19.3. The van der Waals surface area contributed by atoms with E-state index in [9.17, 15) is 5.11 Å². The molecule has 2 aromatic carbocycles. The summed E-state index contributed by atoms with van der Waals surface area (Å²) in [6.45, 7) is 10.6. The van der Waals surface area contributed by atoms with Gasteiger partial charge in [-0.15, -0.1) is 0 Å². The van der Waals surface area contributed by atoms with Crippen molar-refractivity contribution in [3.8, 4) is 0 Å². The molecule has 0 saturated carbocycles. The highest BCUT2D eigenvalue weighted by atomic mass is 35.5. The van der Waals surface area contributed by atoms with Gasteiger partial charge in [0.05, 0.1) is 5.60 Å². The largest absolute Gasteiger partial charge is 0.388 e. The fraction of sp³-hybridized carbons (Fsp3) is 0.455. The van der Waals surface area contributed by atoms with E-state index >= 15 is 0 Å². The van der Waals surface area contributed by atoms with E-state index in [1.807, 2.05) is 25.1 Å². The molecule has 0 amide bonds. The molecule has 144 valence electrons. The van der Waals surface area contributed by atoms with Gasteiger partial charge in [-0.3, -0.25) is 4.90 Å². The maximum absolute atomic E-state index is 9.95. The van der Waals surface area contributed by atoms with Gasteiger partial charge in [-0.2, -0.15) is 0 Å². The molecule has 0 unspecified atom stereocenters. The molecule has 5 heteroatoms. The van der Waals surface area contributed by atoms with Crippen molar-refractivity contribution in [3.63, 3.8) is 0 Å². The molecule has 0 bridgehead atoms. The highest BCUT2D eigenvalue weighted by Crippen LogP contribution is 2.39. The minimum absolute atomic E-state index is 0.384. The Morgan fingerprint density at radius 1 is 1.07 bits per heavy atom. The van der Waals surface area contributed by atoms with E-state index in [4.69, 9.17) is 23.2 Å². The van der Waals surface area contributed by atoms with Crippen molar-refractivity contribution in [1.29, 1.82) is 0 Å². The predicted molar refractivity (Wildman–Crippen MR) is 113 cm³/mol. The van der Waals surface area contributed by atoms with Crippen LogP contribution in [-0.4, -0.2) is 41.8 Å². The van der Waals surface area contributed by atoms with Crippen molar-refractivity contribution < 1.29 is 5.11 Å². The number of benzene rings is 2. The lowest BCUT2D eigenvalue weighted by atomic mass is 9.89. The second-order valence-corrected chi connectivity index (χ2v) is 9.25. The van der Waals surface area contributed by atoms with Crippen LogP contribution in [0, 0.1) is 13.8 Å². The molecule has 2 heterocycles. The fourth-order valence-electron chi connectivity index (χ4n) is 4.43. The summed E-state index contributed by atoms with van der Waals surface area (Å²) in [4.78, 5) is 4.69. The summed E-state index contributed by atoms with van der Waals surface area (Å²) in [5.41, 5.74) is 5.83. The Morgan fingerprint density at radius 3 is 2.15 bits per heavy atom. The second-order valence-electron chi connectivity index (χ2n) is 8.44. The Morgan fingerprint density at radius 2 is 1.63 bits per heavy atom. The molecule has 2 saturated heterocycles. The average molecular weight is 405 g/mol. The van der Waals surface area contributed by atoms with E-state index in [0.29, 0.717) is 5.92 Å². The van der Waals surface area contributed by atoms with Crippen LogP contribution < -0.4 is 4.90 Å². The van der Waals surface area contributed by atoms with Crippen LogP contribution in [0.4, 0.5) is 5.69 Å². The summed E-state index contributed by atoms with van der Waals surface area (Å²) in [6.07, 6.45) is 0. The predicted octanol–water partition coefficient (Wildman–Crippen LogP) is 4.78. The third-order valence-electron chi connectivity index (χ3n) is 5.85. The summed E-state index contributed by atoms with van der Waals surface area (Å²) < 4.78 is 0. The van der Waals surface area contributed by atoms with Gasteiger partial charge in [0.2, 0.25) is 0 Å². The summed E-state index contributed by atoms with van der Waals surface area (Å²) in [5, 5.41) is 11.5. The molecule has 2 aromatic rings. The number of rotatable bonds is 4. The van der Waals surface area contributed by atoms with Crippen molar-refractivity contribution in [2.75, 3.05) is 31.1 Å². The van der Waals surface area contributed by atoms with Gasteiger partial charge in [0, 0.05) is 54.4 Å². The van der Waals surface area contributed by atoms with Crippen LogP contribution in [0.15, 0.2) is 30.3 Å². The number of likely N-dealkylation sites (tertiary alicyclic amines) is 1. The number of β-amino-alcohol motifs (C(OH)–C–C–N with tert-alkyl or cyclic N) is 1. The van der Waals surface area contributed by atoms with Crippen LogP contribution in [0.2, 0.25) is 10.0 Å². The van der Waals surface area contributed by atoms with Gasteiger partial charge in [0.15, 0.2) is 0 Å². The highest BCUT2D eigenvalue weighted by molar-refractivity contribution is 6.36. The SMILES string of the molecule is Cc1cc(N2CC(c3c(Cl)cccc3Cl)C2)cc(C)c1CN1CC(C)(O)C1. The molecule has 2 fully saturated rings. The Labute approximate surface area is 171 Å². The van der Waals surface area contributed by atoms with E-state index in [1.165, 1.54) is 22.4 Å². The molecule has 0 atom stereocenters. The molecule has 4 rings (SSSR count). The monoisotopic (exact) mass is 404 g/mol. The molecule has 0 aromatic heterocycles. The molecule has 0 aliphatic carbocycles. The molecule has 2 aliphatic rings. The molecule has 3 nitrogen and oxygen atoms in total. The van der Waals surface area contributed by atoms with Crippen LogP contribution in [0.25, 0.3) is 0 Å². The van der Waals surface area contributed by atoms with Gasteiger partial charge in [0.25, 0.3) is 0 Å². The molecular formula is C22H26Cl2N2O. The van der Waals surface area contributed by atoms with Gasteiger partial charge in [-0.1, -0.05) is 29.3 Å². The van der Waals surface area contributed by atoms with Gasteiger partial charge in [-0.05, 0) is 67.3 Å². The van der Waals surface area contributed by atoms with Crippen molar-refractivity contribution in [3.05, 3.63) is 62.6 Å². The zero-order valence-electron chi connectivity index (χ0n) is 16.1. The van der Waals surface area contributed by atoms with Gasteiger partial charge in [-0.25, -0.2) is 0 Å². The molecule has 2 aliphatic heterocycles. The lowest BCUT2D eigenvalue weighted by Crippen LogP contribution is -2.59. The Balaban J connectivity index is 1.45. The van der Waals surface area contributed by atoms with E-state index in [2.05, 4.69) is 35.8 Å². The minimum Gasteiger partial charge on any atom is -0.388 e. The Hall–Kier alpha value is -1.26. The zero-order valence-corrected chi connectivity index (χ0v) is 17.6. The maximum Gasteiger partial charge on any atom is 0.0872 e. The van der Waals surface area contributed by atoms with Crippen molar-refractivity contribution in [2.45, 2.75) is 38.8 Å². The number of anilines is 1. The first-order valence-electron chi connectivity index (χ1n) is 9.47. The number of hydrogen-bond donors (Lipinski definition) is 1. The maximum atomic E-state index is 9.95. The Bertz CT molecular complexity index is 823. The lowest BCUT2D eigenvalue weighted by molar-refractivity contribution is -0.0872. The van der Waals surface area contributed by atoms with Gasteiger partial charge in [0.1, 0.15) is 0 Å². The molecule has 27 heavy (non-hydrogen) atoms. The fourth-order valence-corrected chi connectivity index (χ4v) is 5.13. The van der Waals surface area contributed by atoms with Gasteiger partial charge < -0.3 is 10.0 Å². The van der Waals surface area contributed by atoms with Crippen molar-refractivity contribution >= 4 is 28.9 Å². The molecular weight excluding hydrogens is 379 g/mol. The number of nitrogens with zero attached hydrogens (tertiary/aromatic N) is 2. The first-order valence-corrected chi connectivity index (χ1v) is 10.2. The van der Waals surface area contributed by atoms with Crippen molar-refractivity contribution in [1.82, 2.24) is 4.90 Å². The number of aliphatic hydroxyl groups is 1. The molecule has 0 spiro atoms. The average Bonchev–Trinajstić information content (AvgIpc) is 2.50. The van der Waals surface area contributed by atoms with E-state index in [0.717, 1.165) is 48.3 Å². The van der Waals surface area contributed by atoms with Gasteiger partial charge >= 0.3 is 0 Å². The number of hydrogen-bond acceptors (Lipinski definition) is 3. The van der Waals surface area contributed by atoms with E-state index in [1.54, 1.807) is 0 Å². The third kappa shape index (κ3) is 3.71. The van der Waals surface area contributed by atoms with Crippen LogP contribution in [-0.2, 0) is 6.54 Å². The van der Waals surface area contributed by atoms with Crippen LogP contribution in [0.5, 0.6) is 0 Å². The topological polar surface area (TPSA) is 26.7 Å². The van der Waals surface area contributed by atoms with E-state index < -0.39 is 5.60 Å². The van der Waals surface area contributed by atoms with Crippen LogP contribution >= 0.6 is 23.2 Å².